The van der Waals surface area contributed by atoms with Crippen molar-refractivity contribution < 1.29 is 14.3 Å². The summed E-state index contributed by atoms with van der Waals surface area (Å²) >= 11 is 1.57. The number of hydrogen-bond acceptors (Lipinski definition) is 6. The average Bonchev–Trinajstić information content (AvgIpc) is 3.17. The van der Waals surface area contributed by atoms with Gasteiger partial charge >= 0.3 is 0 Å². The quantitative estimate of drug-likeness (QED) is 0.637. The lowest BCUT2D eigenvalue weighted by Gasteiger charge is -2.31. The van der Waals surface area contributed by atoms with Crippen LogP contribution in [0.15, 0.2) is 35.7 Å². The molecule has 0 saturated carbocycles. The van der Waals surface area contributed by atoms with Gasteiger partial charge in [0.2, 0.25) is 5.91 Å². The monoisotopic (exact) mass is 415 g/mol. The van der Waals surface area contributed by atoms with Gasteiger partial charge in [-0.05, 0) is 50.6 Å². The van der Waals surface area contributed by atoms with Crippen LogP contribution in [0.5, 0.6) is 5.75 Å². The number of thiazole rings is 1. The molecule has 1 aromatic carbocycles. The minimum Gasteiger partial charge on any atom is -0.492 e. The van der Waals surface area contributed by atoms with Gasteiger partial charge in [0, 0.05) is 43.8 Å². The molecule has 6 nitrogen and oxygen atoms in total. The summed E-state index contributed by atoms with van der Waals surface area (Å²) in [7, 11) is 2.14. The van der Waals surface area contributed by atoms with E-state index in [0.29, 0.717) is 19.2 Å². The number of ether oxygens (including phenoxy) is 2. The van der Waals surface area contributed by atoms with Crippen LogP contribution < -0.4 is 10.1 Å². The first kappa shape index (κ1) is 21.5. The van der Waals surface area contributed by atoms with E-state index in [-0.39, 0.29) is 5.91 Å². The Morgan fingerprint density at radius 2 is 2.24 bits per heavy atom. The van der Waals surface area contributed by atoms with Gasteiger partial charge in [0.05, 0.1) is 10.7 Å². The normalized spacial score (nSPS) is 15.1. The zero-order valence-corrected chi connectivity index (χ0v) is 17.9. The fraction of sp³-hybridized carbons (Fsp3) is 0.455. The van der Waals surface area contributed by atoms with Crippen LogP contribution in [0.3, 0.4) is 0 Å². The first-order chi connectivity index (χ1) is 14.1. The van der Waals surface area contributed by atoms with E-state index in [1.165, 1.54) is 6.08 Å². The molecule has 156 valence electrons. The second-order valence-corrected chi connectivity index (χ2v) is 8.22. The molecule has 1 aliphatic heterocycles. The number of aromatic nitrogens is 1. The summed E-state index contributed by atoms with van der Waals surface area (Å²) in [6.07, 6.45) is 5.42. The number of likely N-dealkylation sites (N-methyl/N-ethyl adjacent to an activating group) is 1. The number of carbonyl (C=O) groups is 1. The summed E-state index contributed by atoms with van der Waals surface area (Å²) in [6, 6.07) is 8.43. The summed E-state index contributed by atoms with van der Waals surface area (Å²) in [6.45, 7) is 5.62. The molecule has 1 amide bonds. The summed E-state index contributed by atoms with van der Waals surface area (Å²) in [5.74, 6) is 0.686. The van der Waals surface area contributed by atoms with E-state index < -0.39 is 0 Å². The van der Waals surface area contributed by atoms with Crippen molar-refractivity contribution in [2.75, 3.05) is 33.4 Å². The molecular weight excluding hydrogens is 386 g/mol. The number of benzene rings is 1. The molecule has 29 heavy (non-hydrogen) atoms. The van der Waals surface area contributed by atoms with Gasteiger partial charge in [-0.15, -0.1) is 11.3 Å². The Kier molecular flexibility index (Phi) is 8.22. The van der Waals surface area contributed by atoms with Crippen molar-refractivity contribution in [3.05, 3.63) is 52.0 Å². The Hall–Kier alpha value is -2.22. The van der Waals surface area contributed by atoms with Gasteiger partial charge in [-0.1, -0.05) is 12.1 Å². The Bertz CT molecular complexity index is 815. The van der Waals surface area contributed by atoms with Crippen LogP contribution in [-0.4, -0.2) is 55.2 Å². The van der Waals surface area contributed by atoms with Gasteiger partial charge in [-0.2, -0.15) is 0 Å². The molecule has 2 aromatic rings. The lowest BCUT2D eigenvalue weighted by Crippen LogP contribution is -2.38. The zero-order chi connectivity index (χ0) is 20.5. The summed E-state index contributed by atoms with van der Waals surface area (Å²) in [4.78, 5) is 18.7. The molecule has 1 saturated heterocycles. The van der Waals surface area contributed by atoms with Crippen LogP contribution >= 0.6 is 11.3 Å². The van der Waals surface area contributed by atoms with Gasteiger partial charge in [0.1, 0.15) is 12.4 Å². The minimum absolute atomic E-state index is 0.139. The van der Waals surface area contributed by atoms with E-state index in [0.717, 1.165) is 54.6 Å². The van der Waals surface area contributed by atoms with Crippen molar-refractivity contribution in [3.63, 3.8) is 0 Å². The molecular formula is C22H29N3O3S. The van der Waals surface area contributed by atoms with E-state index in [4.69, 9.17) is 9.47 Å². The van der Waals surface area contributed by atoms with Crippen molar-refractivity contribution in [1.82, 2.24) is 15.2 Å². The maximum absolute atomic E-state index is 12.0. The van der Waals surface area contributed by atoms with Crippen molar-refractivity contribution in [1.29, 1.82) is 0 Å². The molecule has 0 radical (unpaired) electrons. The van der Waals surface area contributed by atoms with Crippen molar-refractivity contribution in [2.24, 2.45) is 0 Å². The molecule has 1 aliphatic rings. The zero-order valence-electron chi connectivity index (χ0n) is 17.1. The van der Waals surface area contributed by atoms with Crippen LogP contribution in [0.1, 0.15) is 29.1 Å². The highest BCUT2D eigenvalue weighted by atomic mass is 32.1. The van der Waals surface area contributed by atoms with Crippen LogP contribution in [0.4, 0.5) is 0 Å². The van der Waals surface area contributed by atoms with Gasteiger partial charge < -0.3 is 14.8 Å². The molecule has 1 fully saturated rings. The molecule has 0 aliphatic carbocycles. The Morgan fingerprint density at radius 1 is 1.41 bits per heavy atom. The smallest absolute Gasteiger partial charge is 0.244 e. The number of nitrogens with one attached hydrogen (secondary N) is 1. The van der Waals surface area contributed by atoms with E-state index in [1.54, 1.807) is 17.4 Å². The van der Waals surface area contributed by atoms with Crippen molar-refractivity contribution in [3.8, 4) is 5.75 Å². The first-order valence-corrected chi connectivity index (χ1v) is 10.9. The van der Waals surface area contributed by atoms with E-state index in [2.05, 4.69) is 22.2 Å². The highest BCUT2D eigenvalue weighted by Gasteiger charge is 2.17. The third-order valence-corrected chi connectivity index (χ3v) is 5.73. The predicted octanol–water partition coefficient (Wildman–Crippen LogP) is 3.27. The van der Waals surface area contributed by atoms with Crippen LogP contribution in [0, 0.1) is 6.92 Å². The Balaban J connectivity index is 1.40. The first-order valence-electron chi connectivity index (χ1n) is 9.98. The van der Waals surface area contributed by atoms with Crippen molar-refractivity contribution >= 4 is 23.3 Å². The lowest BCUT2D eigenvalue weighted by molar-refractivity contribution is -0.116. The van der Waals surface area contributed by atoms with E-state index in [1.807, 2.05) is 36.6 Å². The highest BCUT2D eigenvalue weighted by molar-refractivity contribution is 7.09. The molecule has 3 rings (SSSR count). The van der Waals surface area contributed by atoms with Crippen LogP contribution in [-0.2, 0) is 16.1 Å². The fourth-order valence-electron chi connectivity index (χ4n) is 3.23. The molecule has 0 bridgehead atoms. The standard InChI is InChI=1S/C22H29N3O3S/c1-17-24-19(16-29-17)6-7-22(26)23-15-18-4-3-5-21(14-18)28-13-10-25(2)20-8-11-27-12-9-20/h3-7,14,16,20H,8-13,15H2,1-2H3,(H,23,26)/b7-6+. The second-order valence-electron chi connectivity index (χ2n) is 7.16. The Labute approximate surface area is 176 Å². The summed E-state index contributed by atoms with van der Waals surface area (Å²) in [5, 5.41) is 5.81. The third kappa shape index (κ3) is 7.27. The minimum atomic E-state index is -0.139. The molecule has 1 N–H and O–H groups in total. The number of hydrogen-bond donors (Lipinski definition) is 1. The number of rotatable bonds is 9. The summed E-state index contributed by atoms with van der Waals surface area (Å²) in [5.41, 5.74) is 1.82. The number of carbonyl (C=O) groups excluding carboxylic acids is 1. The number of nitrogens with zero attached hydrogens (tertiary/aromatic N) is 2. The largest absolute Gasteiger partial charge is 0.492 e. The predicted molar refractivity (Wildman–Crippen MR) is 116 cm³/mol. The maximum Gasteiger partial charge on any atom is 0.244 e. The number of amides is 1. The van der Waals surface area contributed by atoms with Gasteiger partial charge in [0.25, 0.3) is 0 Å². The highest BCUT2D eigenvalue weighted by Crippen LogP contribution is 2.15. The molecule has 1 aromatic heterocycles. The molecule has 0 spiro atoms. The SMILES string of the molecule is Cc1nc(/C=C/C(=O)NCc2cccc(OCCN(C)C3CCOCC3)c2)cs1. The van der Waals surface area contributed by atoms with Crippen LogP contribution in [0.2, 0.25) is 0 Å². The third-order valence-electron chi connectivity index (χ3n) is 4.93. The van der Waals surface area contributed by atoms with Crippen LogP contribution in [0.25, 0.3) is 6.08 Å². The van der Waals surface area contributed by atoms with Gasteiger partial charge in [-0.25, -0.2) is 4.98 Å². The van der Waals surface area contributed by atoms with E-state index >= 15 is 0 Å². The van der Waals surface area contributed by atoms with Crippen molar-refractivity contribution in [2.45, 2.75) is 32.4 Å². The Morgan fingerprint density at radius 3 is 3.00 bits per heavy atom. The fourth-order valence-corrected chi connectivity index (χ4v) is 3.81. The molecule has 0 atom stereocenters. The average molecular weight is 416 g/mol. The maximum atomic E-state index is 12.0. The molecule has 2 heterocycles. The topological polar surface area (TPSA) is 63.7 Å². The van der Waals surface area contributed by atoms with Gasteiger partial charge in [-0.3, -0.25) is 9.69 Å². The lowest BCUT2D eigenvalue weighted by atomic mass is 10.1. The summed E-state index contributed by atoms with van der Waals surface area (Å²) < 4.78 is 11.3. The van der Waals surface area contributed by atoms with E-state index in [9.17, 15) is 4.79 Å². The van der Waals surface area contributed by atoms with Gasteiger partial charge in [0.15, 0.2) is 0 Å². The second kappa shape index (κ2) is 11.1. The number of aryl methyl sites for hydroxylation is 1. The molecule has 0 unspecified atom stereocenters. The molecule has 7 heteroatoms.